The Morgan fingerprint density at radius 1 is 0.761 bits per heavy atom. The SMILES string of the molecule is CN1CCN(c2c(F)cc3c(=O)c(C(=O)N4CCN(c5ccccc5)CC4)cn4c3c2Oc2ccc(-c3ccccc3)cc2-4)CC1. The van der Waals surface area contributed by atoms with Gasteiger partial charge in [0.25, 0.3) is 5.91 Å². The van der Waals surface area contributed by atoms with E-state index >= 15 is 4.39 Å². The van der Waals surface area contributed by atoms with Crippen LogP contribution < -0.4 is 20.0 Å². The number of hydrogen-bond donors (Lipinski definition) is 0. The Morgan fingerprint density at radius 3 is 2.15 bits per heavy atom. The highest BCUT2D eigenvalue weighted by atomic mass is 19.1. The van der Waals surface area contributed by atoms with Gasteiger partial charge in [-0.1, -0.05) is 54.6 Å². The van der Waals surface area contributed by atoms with Crippen molar-refractivity contribution in [3.8, 4) is 28.3 Å². The monoisotopic (exact) mass is 615 g/mol. The third-order valence-electron chi connectivity index (χ3n) is 9.45. The topological polar surface area (TPSA) is 61.3 Å². The molecule has 0 atom stereocenters. The molecule has 3 aliphatic rings. The van der Waals surface area contributed by atoms with Gasteiger partial charge in [-0.3, -0.25) is 9.59 Å². The van der Waals surface area contributed by atoms with Crippen LogP contribution in [0.25, 0.3) is 27.7 Å². The van der Waals surface area contributed by atoms with Crippen LogP contribution in [0.4, 0.5) is 15.8 Å². The first kappa shape index (κ1) is 28.3. The minimum Gasteiger partial charge on any atom is -0.451 e. The zero-order chi connectivity index (χ0) is 31.4. The number of piperazine rings is 2. The number of rotatable bonds is 4. The van der Waals surface area contributed by atoms with Gasteiger partial charge in [0.1, 0.15) is 16.8 Å². The van der Waals surface area contributed by atoms with Gasteiger partial charge in [0, 0.05) is 64.2 Å². The molecule has 8 rings (SSSR count). The van der Waals surface area contributed by atoms with E-state index in [9.17, 15) is 9.59 Å². The first-order valence-corrected chi connectivity index (χ1v) is 15.8. The second-order valence-corrected chi connectivity index (χ2v) is 12.2. The molecular weight excluding hydrogens is 581 g/mol. The summed E-state index contributed by atoms with van der Waals surface area (Å²) in [6, 6.07) is 27.3. The summed E-state index contributed by atoms with van der Waals surface area (Å²) < 4.78 is 24.5. The summed E-state index contributed by atoms with van der Waals surface area (Å²) in [5.74, 6) is -0.0260. The summed E-state index contributed by atoms with van der Waals surface area (Å²) in [4.78, 5) is 36.3. The van der Waals surface area contributed by atoms with E-state index in [2.05, 4.69) is 21.9 Å². The number of halogens is 1. The summed E-state index contributed by atoms with van der Waals surface area (Å²) in [6.45, 7) is 5.09. The van der Waals surface area contributed by atoms with E-state index in [0.29, 0.717) is 67.7 Å². The Bertz CT molecular complexity index is 2020. The van der Waals surface area contributed by atoms with Crippen molar-refractivity contribution in [2.24, 2.45) is 0 Å². The van der Waals surface area contributed by atoms with E-state index in [0.717, 1.165) is 29.9 Å². The predicted molar refractivity (Wildman–Crippen MR) is 179 cm³/mol. The number of fused-ring (bicyclic) bond motifs is 2. The van der Waals surface area contributed by atoms with Crippen molar-refractivity contribution >= 4 is 28.2 Å². The Labute approximate surface area is 266 Å². The number of benzene rings is 4. The minimum atomic E-state index is -0.527. The van der Waals surface area contributed by atoms with Gasteiger partial charge in [0.05, 0.1) is 11.1 Å². The second kappa shape index (κ2) is 11.3. The molecule has 0 N–H and O–H groups in total. The van der Waals surface area contributed by atoms with Crippen molar-refractivity contribution in [1.82, 2.24) is 14.4 Å². The van der Waals surface area contributed by atoms with Crippen molar-refractivity contribution in [1.29, 1.82) is 0 Å². The fraction of sp³-hybridized carbons (Fsp3) is 0.243. The summed E-state index contributed by atoms with van der Waals surface area (Å²) in [5.41, 5.74) is 4.15. The first-order chi connectivity index (χ1) is 22.5. The number of para-hydroxylation sites is 1. The Kier molecular flexibility index (Phi) is 6.98. The molecule has 0 aliphatic carbocycles. The van der Waals surface area contributed by atoms with Crippen LogP contribution in [0.15, 0.2) is 95.9 Å². The summed E-state index contributed by atoms with van der Waals surface area (Å²) in [6.07, 6.45) is 1.64. The van der Waals surface area contributed by atoms with E-state index in [1.165, 1.54) is 6.07 Å². The van der Waals surface area contributed by atoms with E-state index in [1.54, 1.807) is 11.1 Å². The third kappa shape index (κ3) is 4.79. The largest absolute Gasteiger partial charge is 0.451 e. The molecule has 4 heterocycles. The molecule has 0 spiro atoms. The number of amides is 1. The van der Waals surface area contributed by atoms with Crippen LogP contribution in [0.5, 0.6) is 11.5 Å². The van der Waals surface area contributed by atoms with Crippen LogP contribution >= 0.6 is 0 Å². The van der Waals surface area contributed by atoms with Crippen LogP contribution in [-0.4, -0.2) is 79.7 Å². The molecule has 0 radical (unpaired) electrons. The number of hydrogen-bond acceptors (Lipinski definition) is 6. The first-order valence-electron chi connectivity index (χ1n) is 15.8. The molecule has 5 aromatic rings. The molecule has 1 amide bonds. The maximum Gasteiger partial charge on any atom is 0.259 e. The molecule has 3 aliphatic heterocycles. The van der Waals surface area contributed by atoms with Crippen molar-refractivity contribution in [2.45, 2.75) is 0 Å². The van der Waals surface area contributed by atoms with Gasteiger partial charge in [0.2, 0.25) is 5.43 Å². The van der Waals surface area contributed by atoms with Gasteiger partial charge in [0.15, 0.2) is 17.3 Å². The van der Waals surface area contributed by atoms with Crippen molar-refractivity contribution < 1.29 is 13.9 Å². The van der Waals surface area contributed by atoms with Crippen molar-refractivity contribution in [3.05, 3.63) is 113 Å². The lowest BCUT2D eigenvalue weighted by atomic mass is 10.0. The number of likely N-dealkylation sites (N-methyl/N-ethyl adjacent to an activating group) is 1. The average molecular weight is 616 g/mol. The molecule has 0 saturated carbocycles. The highest BCUT2D eigenvalue weighted by Crippen LogP contribution is 2.47. The number of pyridine rings is 1. The van der Waals surface area contributed by atoms with Gasteiger partial charge in [-0.25, -0.2) is 4.39 Å². The molecule has 2 fully saturated rings. The van der Waals surface area contributed by atoms with Gasteiger partial charge in [-0.2, -0.15) is 0 Å². The van der Waals surface area contributed by atoms with Crippen LogP contribution in [-0.2, 0) is 0 Å². The molecule has 2 saturated heterocycles. The standard InChI is InChI=1S/C37H34FN5O3/c1-39-14-16-41(17-15-39)34-30(38)23-28-33-36(34)46-32-13-12-26(25-8-4-2-5-9-25)22-31(32)43(33)24-29(35(28)44)37(45)42-20-18-40(19-21-42)27-10-6-3-7-11-27/h2-13,22-24H,14-21H2,1H3. The average Bonchev–Trinajstić information content (AvgIpc) is 3.10. The van der Waals surface area contributed by atoms with Gasteiger partial charge in [-0.05, 0) is 48.5 Å². The minimum absolute atomic E-state index is 0.0244. The van der Waals surface area contributed by atoms with E-state index in [-0.39, 0.29) is 16.9 Å². The third-order valence-corrected chi connectivity index (χ3v) is 9.45. The van der Waals surface area contributed by atoms with E-state index in [1.807, 2.05) is 83.2 Å². The number of carbonyl (C=O) groups excluding carboxylic acids is 1. The molecule has 8 nitrogen and oxygen atoms in total. The summed E-state index contributed by atoms with van der Waals surface area (Å²) in [5, 5.41) is 0.134. The number of ether oxygens (including phenoxy) is 1. The molecule has 0 bridgehead atoms. The highest BCUT2D eigenvalue weighted by molar-refractivity contribution is 6.01. The zero-order valence-electron chi connectivity index (χ0n) is 25.7. The fourth-order valence-corrected chi connectivity index (χ4v) is 6.87. The molecule has 232 valence electrons. The Balaban J connectivity index is 1.25. The molecule has 9 heteroatoms. The fourth-order valence-electron chi connectivity index (χ4n) is 6.87. The predicted octanol–water partition coefficient (Wildman–Crippen LogP) is 5.62. The molecule has 1 aromatic heterocycles. The van der Waals surface area contributed by atoms with Gasteiger partial charge < -0.3 is 28.9 Å². The molecule has 46 heavy (non-hydrogen) atoms. The second-order valence-electron chi connectivity index (χ2n) is 12.2. The zero-order valence-corrected chi connectivity index (χ0v) is 25.7. The Hall–Kier alpha value is -5.15. The van der Waals surface area contributed by atoms with E-state index in [4.69, 9.17) is 4.74 Å². The quantitative estimate of drug-likeness (QED) is 0.257. The normalized spacial score (nSPS) is 16.3. The van der Waals surface area contributed by atoms with Gasteiger partial charge >= 0.3 is 0 Å². The van der Waals surface area contributed by atoms with E-state index < -0.39 is 11.2 Å². The number of carbonyl (C=O) groups is 1. The molecule has 4 aromatic carbocycles. The van der Waals surface area contributed by atoms with Gasteiger partial charge in [-0.15, -0.1) is 0 Å². The number of anilines is 2. The summed E-state index contributed by atoms with van der Waals surface area (Å²) in [7, 11) is 2.05. The lowest BCUT2D eigenvalue weighted by Gasteiger charge is -2.37. The molecular formula is C37H34FN5O3. The van der Waals surface area contributed by atoms with Crippen LogP contribution in [0.3, 0.4) is 0 Å². The number of nitrogens with zero attached hydrogens (tertiary/aromatic N) is 5. The van der Waals surface area contributed by atoms with Crippen LogP contribution in [0, 0.1) is 5.82 Å². The van der Waals surface area contributed by atoms with Crippen LogP contribution in [0.1, 0.15) is 10.4 Å². The van der Waals surface area contributed by atoms with Crippen molar-refractivity contribution in [3.63, 3.8) is 0 Å². The lowest BCUT2D eigenvalue weighted by Crippen LogP contribution is -2.49. The maximum atomic E-state index is 16.2. The maximum absolute atomic E-state index is 16.2. The summed E-state index contributed by atoms with van der Waals surface area (Å²) >= 11 is 0. The lowest BCUT2D eigenvalue weighted by molar-refractivity contribution is 0.0745. The molecule has 0 unspecified atom stereocenters. The Morgan fingerprint density at radius 2 is 1.43 bits per heavy atom. The van der Waals surface area contributed by atoms with Crippen molar-refractivity contribution in [2.75, 3.05) is 69.2 Å². The smallest absolute Gasteiger partial charge is 0.259 e. The van der Waals surface area contributed by atoms with Crippen LogP contribution in [0.2, 0.25) is 0 Å². The number of aromatic nitrogens is 1. The highest BCUT2D eigenvalue weighted by Gasteiger charge is 2.33.